The lowest BCUT2D eigenvalue weighted by atomic mass is 9.79. The van der Waals surface area contributed by atoms with Crippen LogP contribution in [0.15, 0.2) is 24.3 Å². The monoisotopic (exact) mass is 257 g/mol. The highest BCUT2D eigenvalue weighted by atomic mass is 16.4. The number of ketones is 1. The Hall–Kier alpha value is -1.64. The third-order valence-corrected chi connectivity index (χ3v) is 4.87. The van der Waals surface area contributed by atoms with Crippen molar-refractivity contribution in [2.24, 2.45) is 11.3 Å². The second kappa shape index (κ2) is 4.48. The fourth-order valence-corrected chi connectivity index (χ4v) is 3.79. The molecule has 3 heteroatoms. The molecule has 0 N–H and O–H groups in total. The smallest absolute Gasteiger partial charge is 0.163 e. The van der Waals surface area contributed by atoms with Gasteiger partial charge < -0.3 is 9.90 Å². The number of fused-ring (bicyclic) bond motifs is 2. The summed E-state index contributed by atoms with van der Waals surface area (Å²) in [5.74, 6) is -0.215. The minimum Gasteiger partial charge on any atom is -0.545 e. The third kappa shape index (κ3) is 2.29. The van der Waals surface area contributed by atoms with Crippen molar-refractivity contribution in [2.45, 2.75) is 38.5 Å². The first-order chi connectivity index (χ1) is 9.08. The number of Topliss-reactive ketones (excluding diaryl/α,β-unsaturated/α-hetero) is 1. The normalized spacial score (nSPS) is 28.5. The average Bonchev–Trinajstić information content (AvgIpc) is 2.98. The Morgan fingerprint density at radius 1 is 1.11 bits per heavy atom. The zero-order chi connectivity index (χ0) is 13.5. The van der Waals surface area contributed by atoms with Crippen LogP contribution >= 0.6 is 0 Å². The molecular formula is C16H17O3-. The van der Waals surface area contributed by atoms with Crippen LogP contribution in [0.2, 0.25) is 0 Å². The highest BCUT2D eigenvalue weighted by molar-refractivity contribution is 5.97. The Labute approximate surface area is 112 Å². The van der Waals surface area contributed by atoms with Crippen LogP contribution in [-0.4, -0.2) is 11.8 Å². The maximum atomic E-state index is 12.3. The summed E-state index contributed by atoms with van der Waals surface area (Å²) in [6.07, 6.45) is 6.74. The molecular weight excluding hydrogens is 240 g/mol. The summed E-state index contributed by atoms with van der Waals surface area (Å²) in [5, 5.41) is 10.7. The molecule has 1 aromatic carbocycles. The zero-order valence-corrected chi connectivity index (χ0v) is 10.9. The zero-order valence-electron chi connectivity index (χ0n) is 10.9. The molecule has 0 aromatic heterocycles. The fraction of sp³-hybridized carbons (Fsp3) is 0.500. The SMILES string of the molecule is O=C([O-])c1ccc(C(=O)CC23CCC(CC2)C3)cc1. The number of benzene rings is 1. The predicted molar refractivity (Wildman–Crippen MR) is 68.7 cm³/mol. The molecule has 1 aromatic rings. The van der Waals surface area contributed by atoms with Crippen molar-refractivity contribution < 1.29 is 14.7 Å². The van der Waals surface area contributed by atoms with Gasteiger partial charge >= 0.3 is 0 Å². The molecule has 19 heavy (non-hydrogen) atoms. The maximum Gasteiger partial charge on any atom is 0.163 e. The van der Waals surface area contributed by atoms with Gasteiger partial charge in [0.25, 0.3) is 0 Å². The van der Waals surface area contributed by atoms with Gasteiger partial charge in [0.1, 0.15) is 0 Å². The lowest BCUT2D eigenvalue weighted by molar-refractivity contribution is -0.255. The quantitative estimate of drug-likeness (QED) is 0.777. The molecule has 0 saturated heterocycles. The Kier molecular flexibility index (Phi) is 2.92. The van der Waals surface area contributed by atoms with Crippen LogP contribution in [0.3, 0.4) is 0 Å². The first-order valence-corrected chi connectivity index (χ1v) is 6.93. The van der Waals surface area contributed by atoms with Crippen molar-refractivity contribution in [3.63, 3.8) is 0 Å². The molecule has 0 aliphatic heterocycles. The minimum atomic E-state index is -1.20. The van der Waals surface area contributed by atoms with Gasteiger partial charge in [0.05, 0.1) is 5.97 Å². The van der Waals surface area contributed by atoms with E-state index in [0.29, 0.717) is 12.0 Å². The topological polar surface area (TPSA) is 57.2 Å². The Morgan fingerprint density at radius 3 is 2.16 bits per heavy atom. The summed E-state index contributed by atoms with van der Waals surface area (Å²) < 4.78 is 0. The average molecular weight is 257 g/mol. The van der Waals surface area contributed by atoms with Gasteiger partial charge in [-0.15, -0.1) is 0 Å². The van der Waals surface area contributed by atoms with Gasteiger partial charge in [0.15, 0.2) is 5.78 Å². The summed E-state index contributed by atoms with van der Waals surface area (Å²) in [7, 11) is 0. The first kappa shape index (κ1) is 12.4. The van der Waals surface area contributed by atoms with Crippen molar-refractivity contribution >= 4 is 11.8 Å². The van der Waals surface area contributed by atoms with Gasteiger partial charge in [-0.05, 0) is 49.0 Å². The van der Waals surface area contributed by atoms with E-state index in [9.17, 15) is 14.7 Å². The molecule has 0 atom stereocenters. The standard InChI is InChI=1S/C16H18O3/c17-14(10-16-7-5-11(9-16)6-8-16)12-1-3-13(4-2-12)15(18)19/h1-4,11H,5-10H2,(H,18,19)/p-1. The Balaban J connectivity index is 1.72. The Bertz CT molecular complexity index is 507. The van der Waals surface area contributed by atoms with Gasteiger partial charge in [-0.1, -0.05) is 24.3 Å². The molecule has 0 unspecified atom stereocenters. The molecule has 3 rings (SSSR count). The van der Waals surface area contributed by atoms with E-state index < -0.39 is 5.97 Å². The van der Waals surface area contributed by atoms with Crippen LogP contribution in [0.4, 0.5) is 0 Å². The molecule has 0 amide bonds. The van der Waals surface area contributed by atoms with E-state index in [1.54, 1.807) is 12.1 Å². The van der Waals surface area contributed by atoms with Crippen molar-refractivity contribution in [3.8, 4) is 0 Å². The number of rotatable bonds is 4. The van der Waals surface area contributed by atoms with Crippen LogP contribution in [-0.2, 0) is 0 Å². The summed E-state index contributed by atoms with van der Waals surface area (Å²) in [6, 6.07) is 6.11. The van der Waals surface area contributed by atoms with E-state index in [1.807, 2.05) is 0 Å². The lowest BCUT2D eigenvalue weighted by Gasteiger charge is -2.25. The maximum absolute atomic E-state index is 12.3. The van der Waals surface area contributed by atoms with Crippen molar-refractivity contribution in [1.82, 2.24) is 0 Å². The van der Waals surface area contributed by atoms with Gasteiger partial charge in [-0.2, -0.15) is 0 Å². The van der Waals surface area contributed by atoms with E-state index in [-0.39, 0.29) is 16.8 Å². The van der Waals surface area contributed by atoms with E-state index >= 15 is 0 Å². The number of carbonyl (C=O) groups is 2. The fourth-order valence-electron chi connectivity index (χ4n) is 3.79. The van der Waals surface area contributed by atoms with Gasteiger partial charge in [-0.25, -0.2) is 0 Å². The van der Waals surface area contributed by atoms with Crippen molar-refractivity contribution in [3.05, 3.63) is 35.4 Å². The molecule has 0 spiro atoms. The number of carbonyl (C=O) groups excluding carboxylic acids is 2. The molecule has 2 bridgehead atoms. The lowest BCUT2D eigenvalue weighted by Crippen LogP contribution is -2.22. The molecule has 2 aliphatic carbocycles. The second-order valence-corrected chi connectivity index (χ2v) is 6.11. The number of hydrogen-bond donors (Lipinski definition) is 0. The highest BCUT2D eigenvalue weighted by Crippen LogP contribution is 2.56. The molecule has 2 aliphatic rings. The third-order valence-electron chi connectivity index (χ3n) is 4.87. The van der Waals surface area contributed by atoms with Crippen molar-refractivity contribution in [2.75, 3.05) is 0 Å². The van der Waals surface area contributed by atoms with E-state index in [2.05, 4.69) is 0 Å². The second-order valence-electron chi connectivity index (χ2n) is 6.11. The van der Waals surface area contributed by atoms with Crippen LogP contribution in [0.5, 0.6) is 0 Å². The van der Waals surface area contributed by atoms with E-state index in [1.165, 1.54) is 44.2 Å². The van der Waals surface area contributed by atoms with E-state index in [0.717, 1.165) is 5.92 Å². The van der Waals surface area contributed by atoms with Gasteiger partial charge in [0.2, 0.25) is 0 Å². The molecule has 100 valence electrons. The number of carboxylic acids is 1. The molecule has 3 nitrogen and oxygen atoms in total. The van der Waals surface area contributed by atoms with Crippen LogP contribution < -0.4 is 5.11 Å². The van der Waals surface area contributed by atoms with Crippen LogP contribution in [0, 0.1) is 11.3 Å². The molecule has 2 saturated carbocycles. The van der Waals surface area contributed by atoms with Crippen LogP contribution in [0.25, 0.3) is 0 Å². The van der Waals surface area contributed by atoms with Crippen LogP contribution in [0.1, 0.15) is 59.2 Å². The van der Waals surface area contributed by atoms with Crippen molar-refractivity contribution in [1.29, 1.82) is 0 Å². The number of hydrogen-bond acceptors (Lipinski definition) is 3. The molecule has 0 radical (unpaired) electrons. The van der Waals surface area contributed by atoms with Gasteiger partial charge in [-0.3, -0.25) is 4.79 Å². The predicted octanol–water partition coefficient (Wildman–Crippen LogP) is 2.20. The number of aromatic carboxylic acids is 1. The first-order valence-electron chi connectivity index (χ1n) is 6.93. The summed E-state index contributed by atoms with van der Waals surface area (Å²) >= 11 is 0. The summed E-state index contributed by atoms with van der Waals surface area (Å²) in [4.78, 5) is 23.0. The van der Waals surface area contributed by atoms with E-state index in [4.69, 9.17) is 0 Å². The Morgan fingerprint density at radius 2 is 1.68 bits per heavy atom. The highest BCUT2D eigenvalue weighted by Gasteiger charge is 2.45. The summed E-state index contributed by atoms with van der Waals surface area (Å²) in [6.45, 7) is 0. The molecule has 2 fully saturated rings. The summed E-state index contributed by atoms with van der Waals surface area (Å²) in [5.41, 5.74) is 0.987. The minimum absolute atomic E-state index is 0.122. The largest absolute Gasteiger partial charge is 0.545 e. The van der Waals surface area contributed by atoms with Gasteiger partial charge in [0, 0.05) is 12.0 Å². The number of carboxylic acid groups (broad SMARTS) is 1. The molecule has 0 heterocycles.